The topological polar surface area (TPSA) is 99.3 Å². The van der Waals surface area contributed by atoms with Crippen LogP contribution in [0.25, 0.3) is 5.69 Å². The molecule has 122 valence electrons. The number of nitro benzene ring substituents is 1. The minimum Gasteiger partial charge on any atom is -0.444 e. The van der Waals surface area contributed by atoms with Crippen LogP contribution in [0.5, 0.6) is 0 Å². The average molecular weight is 322 g/mol. The highest BCUT2D eigenvalue weighted by molar-refractivity contribution is 5.83. The Hall–Kier alpha value is -2.97. The molecule has 0 radical (unpaired) electrons. The molecule has 0 spiro atoms. The number of anilines is 1. The zero-order valence-electron chi connectivity index (χ0n) is 12.7. The molecule has 8 nitrogen and oxygen atoms in total. The van der Waals surface area contributed by atoms with Gasteiger partial charge in [-0.3, -0.25) is 15.4 Å². The van der Waals surface area contributed by atoms with E-state index in [9.17, 15) is 19.3 Å². The number of rotatable bonds is 3. The maximum absolute atomic E-state index is 13.9. The summed E-state index contributed by atoms with van der Waals surface area (Å²) in [7, 11) is 0. The highest BCUT2D eigenvalue weighted by atomic mass is 19.1. The average Bonchev–Trinajstić information content (AvgIpc) is 2.84. The Morgan fingerprint density at radius 1 is 1.39 bits per heavy atom. The molecule has 0 atom stereocenters. The maximum Gasteiger partial charge on any atom is 0.413 e. The fourth-order valence-corrected chi connectivity index (χ4v) is 1.73. The molecule has 1 aromatic heterocycles. The zero-order valence-corrected chi connectivity index (χ0v) is 12.7. The summed E-state index contributed by atoms with van der Waals surface area (Å²) in [6, 6.07) is 4.65. The maximum atomic E-state index is 13.9. The molecule has 0 saturated heterocycles. The van der Waals surface area contributed by atoms with Crippen molar-refractivity contribution in [2.24, 2.45) is 0 Å². The summed E-state index contributed by atoms with van der Waals surface area (Å²) >= 11 is 0. The minimum atomic E-state index is -0.800. The molecule has 23 heavy (non-hydrogen) atoms. The number of carbonyl (C=O) groups excluding carboxylic acids is 1. The summed E-state index contributed by atoms with van der Waals surface area (Å²) in [6.45, 7) is 5.16. The van der Waals surface area contributed by atoms with Crippen molar-refractivity contribution < 1.29 is 18.8 Å². The van der Waals surface area contributed by atoms with Crippen molar-refractivity contribution in [3.05, 3.63) is 46.4 Å². The molecule has 1 aromatic carbocycles. The third-order valence-electron chi connectivity index (χ3n) is 2.61. The van der Waals surface area contributed by atoms with Gasteiger partial charge in [0.2, 0.25) is 0 Å². The van der Waals surface area contributed by atoms with E-state index in [4.69, 9.17) is 4.74 Å². The van der Waals surface area contributed by atoms with Gasteiger partial charge >= 0.3 is 6.09 Å². The predicted octanol–water partition coefficient (Wildman–Crippen LogP) is 3.27. The first-order chi connectivity index (χ1) is 10.7. The van der Waals surface area contributed by atoms with E-state index in [2.05, 4.69) is 10.4 Å². The van der Waals surface area contributed by atoms with E-state index < -0.39 is 22.4 Å². The fourth-order valence-electron chi connectivity index (χ4n) is 1.73. The monoisotopic (exact) mass is 322 g/mol. The lowest BCUT2D eigenvalue weighted by atomic mass is 10.2. The van der Waals surface area contributed by atoms with Gasteiger partial charge < -0.3 is 4.74 Å². The number of carbonyl (C=O) groups is 1. The number of aromatic nitrogens is 2. The van der Waals surface area contributed by atoms with Crippen LogP contribution in [-0.4, -0.2) is 26.4 Å². The molecule has 0 fully saturated rings. The Morgan fingerprint density at radius 3 is 2.65 bits per heavy atom. The number of hydrogen-bond acceptors (Lipinski definition) is 5. The van der Waals surface area contributed by atoms with Crippen molar-refractivity contribution >= 4 is 17.6 Å². The number of nitrogens with one attached hydrogen (secondary N) is 1. The number of non-ortho nitro benzene ring substituents is 1. The Labute approximate surface area is 131 Å². The standard InChI is InChI=1S/C14H15FN4O4/c1-14(2,3)23-13(20)16-12-6-7-18(17-12)11-5-4-9(19(21)22)8-10(11)15/h4-8H,1-3H3,(H,16,17,20). The van der Waals surface area contributed by atoms with Crippen molar-refractivity contribution in [3.8, 4) is 5.69 Å². The van der Waals surface area contributed by atoms with E-state index in [-0.39, 0.29) is 17.2 Å². The first-order valence-electron chi connectivity index (χ1n) is 6.66. The van der Waals surface area contributed by atoms with Gasteiger partial charge in [-0.2, -0.15) is 0 Å². The lowest BCUT2D eigenvalue weighted by molar-refractivity contribution is -0.385. The lowest BCUT2D eigenvalue weighted by Gasteiger charge is -2.19. The molecule has 1 heterocycles. The molecular weight excluding hydrogens is 307 g/mol. The molecule has 1 amide bonds. The molecule has 0 aliphatic heterocycles. The van der Waals surface area contributed by atoms with Crippen LogP contribution in [0.2, 0.25) is 0 Å². The molecule has 0 unspecified atom stereocenters. The highest BCUT2D eigenvalue weighted by Crippen LogP contribution is 2.20. The quantitative estimate of drug-likeness (QED) is 0.690. The van der Waals surface area contributed by atoms with Crippen molar-refractivity contribution in [2.75, 3.05) is 5.32 Å². The van der Waals surface area contributed by atoms with Crippen molar-refractivity contribution in [1.29, 1.82) is 0 Å². The lowest BCUT2D eigenvalue weighted by Crippen LogP contribution is -2.27. The van der Waals surface area contributed by atoms with Crippen LogP contribution in [-0.2, 0) is 4.74 Å². The number of hydrogen-bond donors (Lipinski definition) is 1. The van der Waals surface area contributed by atoms with Crippen LogP contribution in [0.1, 0.15) is 20.8 Å². The highest BCUT2D eigenvalue weighted by Gasteiger charge is 2.17. The van der Waals surface area contributed by atoms with Crippen LogP contribution in [0, 0.1) is 15.9 Å². The summed E-state index contributed by atoms with van der Waals surface area (Å²) < 4.78 is 20.1. The molecule has 0 aliphatic carbocycles. The normalized spacial score (nSPS) is 11.1. The van der Waals surface area contributed by atoms with E-state index in [0.29, 0.717) is 0 Å². The molecular formula is C14H15FN4O4. The Bertz CT molecular complexity index is 751. The predicted molar refractivity (Wildman–Crippen MR) is 80.0 cm³/mol. The molecule has 2 aromatic rings. The smallest absolute Gasteiger partial charge is 0.413 e. The van der Waals surface area contributed by atoms with Gasteiger partial charge in [0.05, 0.1) is 11.0 Å². The third-order valence-corrected chi connectivity index (χ3v) is 2.61. The Kier molecular flexibility index (Phi) is 4.30. The number of ether oxygens (including phenoxy) is 1. The first kappa shape index (κ1) is 16.4. The molecule has 0 bridgehead atoms. The third kappa shape index (κ3) is 4.25. The summed E-state index contributed by atoms with van der Waals surface area (Å²) in [5.74, 6) is -0.636. The van der Waals surface area contributed by atoms with Crippen LogP contribution in [0.15, 0.2) is 30.5 Å². The van der Waals surface area contributed by atoms with E-state index in [1.807, 2.05) is 0 Å². The number of nitrogens with zero attached hydrogens (tertiary/aromatic N) is 3. The number of halogens is 1. The molecule has 0 aliphatic rings. The second-order valence-corrected chi connectivity index (χ2v) is 5.67. The van der Waals surface area contributed by atoms with Crippen molar-refractivity contribution in [3.63, 3.8) is 0 Å². The zero-order chi connectivity index (χ0) is 17.2. The Balaban J connectivity index is 2.16. The number of amides is 1. The second-order valence-electron chi connectivity index (χ2n) is 5.67. The Morgan fingerprint density at radius 2 is 2.09 bits per heavy atom. The second kappa shape index (κ2) is 6.03. The van der Waals surface area contributed by atoms with Gasteiger partial charge in [-0.15, -0.1) is 5.10 Å². The van der Waals surface area contributed by atoms with Gasteiger partial charge in [0.1, 0.15) is 11.3 Å². The molecule has 2 rings (SSSR count). The van der Waals surface area contributed by atoms with Crippen LogP contribution >= 0.6 is 0 Å². The van der Waals surface area contributed by atoms with Gasteiger partial charge in [-0.05, 0) is 26.8 Å². The van der Waals surface area contributed by atoms with Gasteiger partial charge in [0, 0.05) is 18.3 Å². The van der Waals surface area contributed by atoms with Gasteiger partial charge in [-0.1, -0.05) is 0 Å². The molecule has 9 heteroatoms. The number of nitro groups is 1. The van der Waals surface area contributed by atoms with E-state index >= 15 is 0 Å². The summed E-state index contributed by atoms with van der Waals surface area (Å²) in [5.41, 5.74) is -0.990. The van der Waals surface area contributed by atoms with Gasteiger partial charge in [0.25, 0.3) is 5.69 Å². The van der Waals surface area contributed by atoms with E-state index in [0.717, 1.165) is 10.7 Å². The first-order valence-corrected chi connectivity index (χ1v) is 6.66. The molecule has 1 N–H and O–H groups in total. The van der Waals surface area contributed by atoms with E-state index in [1.54, 1.807) is 20.8 Å². The minimum absolute atomic E-state index is 0.0211. The largest absolute Gasteiger partial charge is 0.444 e. The van der Waals surface area contributed by atoms with Crippen molar-refractivity contribution in [2.45, 2.75) is 26.4 Å². The summed E-state index contributed by atoms with van der Waals surface area (Å²) in [6.07, 6.45) is 0.726. The van der Waals surface area contributed by atoms with Gasteiger partial charge in [0.15, 0.2) is 11.6 Å². The van der Waals surface area contributed by atoms with Gasteiger partial charge in [-0.25, -0.2) is 13.9 Å². The van der Waals surface area contributed by atoms with Crippen LogP contribution < -0.4 is 5.32 Å². The SMILES string of the molecule is CC(C)(C)OC(=O)Nc1ccn(-c2ccc([N+](=O)[O-])cc2F)n1. The van der Waals surface area contributed by atoms with Crippen molar-refractivity contribution in [1.82, 2.24) is 9.78 Å². The summed E-state index contributed by atoms with van der Waals surface area (Å²) in [4.78, 5) is 21.5. The van der Waals surface area contributed by atoms with Crippen LogP contribution in [0.3, 0.4) is 0 Å². The van der Waals surface area contributed by atoms with Crippen LogP contribution in [0.4, 0.5) is 20.7 Å². The van der Waals surface area contributed by atoms with E-state index in [1.165, 1.54) is 24.4 Å². The summed E-state index contributed by atoms with van der Waals surface area (Å²) in [5, 5.41) is 17.0. The molecule has 0 saturated carbocycles. The number of benzene rings is 1. The fraction of sp³-hybridized carbons (Fsp3) is 0.286.